The van der Waals surface area contributed by atoms with Gasteiger partial charge in [0.2, 0.25) is 5.71 Å². The smallest absolute Gasteiger partial charge is 0.226 e. The van der Waals surface area contributed by atoms with Gasteiger partial charge in [0.1, 0.15) is 0 Å². The van der Waals surface area contributed by atoms with Crippen LogP contribution in [0.5, 0.6) is 0 Å². The van der Waals surface area contributed by atoms with Gasteiger partial charge in [0.05, 0.1) is 0 Å². The van der Waals surface area contributed by atoms with Gasteiger partial charge in [-0.2, -0.15) is 0 Å². The highest BCUT2D eigenvalue weighted by atomic mass is 16.3. The van der Waals surface area contributed by atoms with Gasteiger partial charge in [-0.15, -0.1) is 0 Å². The third-order valence-electron chi connectivity index (χ3n) is 2.36. The molecule has 1 aromatic carbocycles. The molecule has 71 valence electrons. The molecule has 15 heavy (non-hydrogen) atoms. The summed E-state index contributed by atoms with van der Waals surface area (Å²) >= 11 is 0. The van der Waals surface area contributed by atoms with Crippen molar-refractivity contribution in [1.29, 1.82) is 0 Å². The summed E-state index contributed by atoms with van der Waals surface area (Å²) in [5.74, 6) is 0. The average molecular weight is 194 g/mol. The molecule has 2 aromatic heterocycles. The second-order valence-electron chi connectivity index (χ2n) is 3.35. The highest BCUT2D eigenvalue weighted by molar-refractivity contribution is 5.79. The van der Waals surface area contributed by atoms with E-state index in [0.29, 0.717) is 5.71 Å². The van der Waals surface area contributed by atoms with Crippen LogP contribution in [0.1, 0.15) is 0 Å². The first-order valence-electron chi connectivity index (χ1n) is 4.74. The van der Waals surface area contributed by atoms with Crippen molar-refractivity contribution in [2.75, 3.05) is 0 Å². The van der Waals surface area contributed by atoms with Crippen LogP contribution < -0.4 is 0 Å². The molecule has 0 fully saturated rings. The summed E-state index contributed by atoms with van der Waals surface area (Å²) in [5.41, 5.74) is 2.89. The first kappa shape index (κ1) is 8.24. The minimum Gasteiger partial charge on any atom is -0.434 e. The molecule has 0 spiro atoms. The third kappa shape index (κ3) is 1.40. The Hall–Kier alpha value is -2.09. The monoisotopic (exact) mass is 194 g/mol. The van der Waals surface area contributed by atoms with E-state index in [1.165, 1.54) is 0 Å². The number of nitrogens with zero attached hydrogens (tertiary/aromatic N) is 1. The summed E-state index contributed by atoms with van der Waals surface area (Å²) < 4.78 is 5.07. The molecule has 0 saturated carbocycles. The maximum atomic E-state index is 5.07. The standard InChI is InChI=1S/C13H8NO/c1-2-4-10(5-3-1)12-8-11-6-7-15-13(11)14-9-12/h1-6,8-9H. The fourth-order valence-electron chi connectivity index (χ4n) is 1.60. The van der Waals surface area contributed by atoms with Crippen molar-refractivity contribution in [3.05, 3.63) is 54.9 Å². The van der Waals surface area contributed by atoms with Gasteiger partial charge in [-0.1, -0.05) is 30.3 Å². The summed E-state index contributed by atoms with van der Waals surface area (Å²) in [6.45, 7) is 0. The quantitative estimate of drug-likeness (QED) is 0.594. The van der Waals surface area contributed by atoms with E-state index in [0.717, 1.165) is 16.5 Å². The number of hydrogen-bond acceptors (Lipinski definition) is 2. The minimum atomic E-state index is 0.634. The van der Waals surface area contributed by atoms with Gasteiger partial charge in [0.25, 0.3) is 0 Å². The van der Waals surface area contributed by atoms with E-state index in [1.807, 2.05) is 24.4 Å². The molecular formula is C13H8NO. The topological polar surface area (TPSA) is 26.0 Å². The molecule has 3 aromatic rings. The number of benzene rings is 1. The van der Waals surface area contributed by atoms with E-state index < -0.39 is 0 Å². The zero-order valence-electron chi connectivity index (χ0n) is 7.97. The molecule has 0 amide bonds. The molecule has 0 bridgehead atoms. The third-order valence-corrected chi connectivity index (χ3v) is 2.36. The number of hydrogen-bond donors (Lipinski definition) is 0. The predicted octanol–water partition coefficient (Wildman–Crippen LogP) is 3.29. The highest BCUT2D eigenvalue weighted by Crippen LogP contribution is 2.22. The lowest BCUT2D eigenvalue weighted by Gasteiger charge is -1.99. The van der Waals surface area contributed by atoms with Crippen LogP contribution in [0, 0.1) is 6.26 Å². The second kappa shape index (κ2) is 3.24. The van der Waals surface area contributed by atoms with Crippen molar-refractivity contribution in [2.45, 2.75) is 0 Å². The molecule has 0 aliphatic heterocycles. The molecule has 0 unspecified atom stereocenters. The maximum absolute atomic E-state index is 5.07. The first-order chi connectivity index (χ1) is 7.43. The molecule has 2 heterocycles. The molecule has 0 aliphatic rings. The van der Waals surface area contributed by atoms with E-state index in [2.05, 4.69) is 29.4 Å². The normalized spacial score (nSPS) is 10.7. The predicted molar refractivity (Wildman–Crippen MR) is 58.3 cm³/mol. The number of furan rings is 1. The second-order valence-corrected chi connectivity index (χ2v) is 3.35. The molecular weight excluding hydrogens is 186 g/mol. The Morgan fingerprint density at radius 2 is 1.93 bits per heavy atom. The van der Waals surface area contributed by atoms with Crippen LogP contribution in [0.15, 0.2) is 53.1 Å². The van der Waals surface area contributed by atoms with Crippen molar-refractivity contribution in [3.8, 4) is 11.1 Å². The van der Waals surface area contributed by atoms with E-state index in [-0.39, 0.29) is 0 Å². The number of pyridine rings is 1. The highest BCUT2D eigenvalue weighted by Gasteiger charge is 2.01. The van der Waals surface area contributed by atoms with Crippen LogP contribution in [0.4, 0.5) is 0 Å². The molecule has 0 aliphatic carbocycles. The largest absolute Gasteiger partial charge is 0.434 e. The molecule has 0 saturated heterocycles. The zero-order valence-corrected chi connectivity index (χ0v) is 7.97. The van der Waals surface area contributed by atoms with E-state index in [4.69, 9.17) is 4.42 Å². The van der Waals surface area contributed by atoms with Crippen LogP contribution in [0.2, 0.25) is 0 Å². The Kier molecular flexibility index (Phi) is 1.78. The van der Waals surface area contributed by atoms with E-state index in [1.54, 1.807) is 6.07 Å². The Morgan fingerprint density at radius 3 is 2.80 bits per heavy atom. The van der Waals surface area contributed by atoms with Gasteiger partial charge >= 0.3 is 0 Å². The lowest BCUT2D eigenvalue weighted by Crippen LogP contribution is -1.79. The number of aromatic nitrogens is 1. The Bertz CT molecular complexity index is 584. The van der Waals surface area contributed by atoms with Crippen LogP contribution >= 0.6 is 0 Å². The van der Waals surface area contributed by atoms with Gasteiger partial charge in [-0.05, 0) is 17.7 Å². The van der Waals surface area contributed by atoms with E-state index >= 15 is 0 Å². The van der Waals surface area contributed by atoms with Gasteiger partial charge in [-0.3, -0.25) is 0 Å². The Balaban J connectivity index is 2.19. The van der Waals surface area contributed by atoms with Gasteiger partial charge in [0.15, 0.2) is 6.26 Å². The maximum Gasteiger partial charge on any atom is 0.226 e. The van der Waals surface area contributed by atoms with Crippen molar-refractivity contribution in [3.63, 3.8) is 0 Å². The number of fused-ring (bicyclic) bond motifs is 1. The Labute approximate surface area is 87.2 Å². The fraction of sp³-hybridized carbons (Fsp3) is 0. The summed E-state index contributed by atoms with van der Waals surface area (Å²) in [6.07, 6.45) is 4.49. The van der Waals surface area contributed by atoms with Gasteiger partial charge in [-0.25, -0.2) is 4.98 Å². The van der Waals surface area contributed by atoms with Crippen molar-refractivity contribution in [1.82, 2.24) is 4.98 Å². The van der Waals surface area contributed by atoms with Gasteiger partial charge < -0.3 is 4.42 Å². The van der Waals surface area contributed by atoms with E-state index in [9.17, 15) is 0 Å². The SMILES string of the molecule is [c]1cc2cc(-c3ccccc3)cnc2o1. The fourth-order valence-corrected chi connectivity index (χ4v) is 1.60. The van der Waals surface area contributed by atoms with Crippen molar-refractivity contribution in [2.24, 2.45) is 0 Å². The molecule has 2 heteroatoms. The minimum absolute atomic E-state index is 0.634. The van der Waals surface area contributed by atoms with Gasteiger partial charge in [0, 0.05) is 17.1 Å². The molecule has 2 nitrogen and oxygen atoms in total. The number of rotatable bonds is 1. The molecule has 3 rings (SSSR count). The summed E-state index contributed by atoms with van der Waals surface area (Å²) in [4.78, 5) is 4.22. The zero-order chi connectivity index (χ0) is 10.1. The van der Waals surface area contributed by atoms with Crippen LogP contribution in [0.25, 0.3) is 22.2 Å². The van der Waals surface area contributed by atoms with Crippen LogP contribution in [-0.4, -0.2) is 4.98 Å². The summed E-state index contributed by atoms with van der Waals surface area (Å²) in [7, 11) is 0. The molecule has 0 N–H and O–H groups in total. The van der Waals surface area contributed by atoms with Crippen molar-refractivity contribution >= 4 is 11.1 Å². The lowest BCUT2D eigenvalue weighted by atomic mass is 10.1. The Morgan fingerprint density at radius 1 is 1.07 bits per heavy atom. The summed E-state index contributed by atoms with van der Waals surface area (Å²) in [5, 5.41) is 0.983. The lowest BCUT2D eigenvalue weighted by molar-refractivity contribution is 0.594. The average Bonchev–Trinajstić information content (AvgIpc) is 2.77. The van der Waals surface area contributed by atoms with Crippen LogP contribution in [0.3, 0.4) is 0 Å². The first-order valence-corrected chi connectivity index (χ1v) is 4.74. The van der Waals surface area contributed by atoms with Crippen molar-refractivity contribution < 1.29 is 4.42 Å². The van der Waals surface area contributed by atoms with Crippen LogP contribution in [-0.2, 0) is 0 Å². The molecule has 0 atom stereocenters. The summed E-state index contributed by atoms with van der Waals surface area (Å²) in [6, 6.07) is 14.0. The molecule has 1 radical (unpaired) electrons.